The van der Waals surface area contributed by atoms with Gasteiger partial charge >= 0.3 is 5.97 Å². The summed E-state index contributed by atoms with van der Waals surface area (Å²) in [6.07, 6.45) is 0. The zero-order valence-electron chi connectivity index (χ0n) is 16.7. The van der Waals surface area contributed by atoms with E-state index in [-0.39, 0.29) is 17.6 Å². The molecule has 0 saturated carbocycles. The first-order valence-corrected chi connectivity index (χ1v) is 9.41. The number of cyclic esters (lactones) is 1. The van der Waals surface area contributed by atoms with Crippen molar-refractivity contribution >= 4 is 17.7 Å². The van der Waals surface area contributed by atoms with Gasteiger partial charge in [-0.2, -0.15) is 0 Å². The summed E-state index contributed by atoms with van der Waals surface area (Å²) in [5, 5.41) is 0. The highest BCUT2D eigenvalue weighted by Crippen LogP contribution is 2.46. The van der Waals surface area contributed by atoms with Crippen molar-refractivity contribution in [2.24, 2.45) is 10.9 Å². The van der Waals surface area contributed by atoms with Crippen molar-refractivity contribution in [2.45, 2.75) is 39.2 Å². The Balaban J connectivity index is 2.22. The second-order valence-electron chi connectivity index (χ2n) is 7.58. The van der Waals surface area contributed by atoms with Gasteiger partial charge in [-0.1, -0.05) is 68.5 Å². The molecule has 0 N–H and O–H groups in total. The number of esters is 1. The van der Waals surface area contributed by atoms with Crippen molar-refractivity contribution in [3.63, 3.8) is 0 Å². The van der Waals surface area contributed by atoms with Crippen LogP contribution in [0.4, 0.5) is 0 Å². The van der Waals surface area contributed by atoms with Gasteiger partial charge in [-0.3, -0.25) is 4.79 Å². The van der Waals surface area contributed by atoms with Crippen LogP contribution in [-0.4, -0.2) is 23.2 Å². The number of carbonyl (C=O) groups excluding carboxylic acids is 2. The van der Waals surface area contributed by atoms with Crippen molar-refractivity contribution in [3.8, 4) is 0 Å². The summed E-state index contributed by atoms with van der Waals surface area (Å²) in [5.41, 5.74) is 1.76. The third-order valence-corrected chi connectivity index (χ3v) is 5.36. The highest BCUT2D eigenvalue weighted by Gasteiger charge is 2.56. The lowest BCUT2D eigenvalue weighted by Gasteiger charge is -2.35. The van der Waals surface area contributed by atoms with Gasteiger partial charge in [0, 0.05) is 11.5 Å². The van der Waals surface area contributed by atoms with E-state index in [2.05, 4.69) is 6.58 Å². The first-order chi connectivity index (χ1) is 13.3. The summed E-state index contributed by atoms with van der Waals surface area (Å²) >= 11 is 0. The molecule has 0 aliphatic carbocycles. The van der Waals surface area contributed by atoms with Gasteiger partial charge < -0.3 is 4.74 Å². The van der Waals surface area contributed by atoms with Crippen LogP contribution in [0.15, 0.2) is 71.7 Å². The van der Waals surface area contributed by atoms with Crippen LogP contribution in [0.1, 0.15) is 43.4 Å². The number of ether oxygens (including phenoxy) is 1. The van der Waals surface area contributed by atoms with Crippen LogP contribution in [0.2, 0.25) is 0 Å². The van der Waals surface area contributed by atoms with Gasteiger partial charge in [-0.05, 0) is 43.0 Å². The minimum Gasteiger partial charge on any atom is -0.405 e. The fourth-order valence-corrected chi connectivity index (χ4v) is 3.67. The van der Waals surface area contributed by atoms with Gasteiger partial charge in [-0.25, -0.2) is 9.79 Å². The Morgan fingerprint density at radius 1 is 1.07 bits per heavy atom. The predicted octanol–water partition coefficient (Wildman–Crippen LogP) is 4.62. The Hall–Kier alpha value is -3.01. The molecule has 1 aliphatic heterocycles. The first kappa shape index (κ1) is 19.7. The largest absolute Gasteiger partial charge is 0.405 e. The number of benzene rings is 2. The maximum atomic E-state index is 13.2. The van der Waals surface area contributed by atoms with Crippen molar-refractivity contribution in [2.75, 3.05) is 0 Å². The molecular formula is C24H25NO3. The van der Waals surface area contributed by atoms with Crippen LogP contribution in [0.25, 0.3) is 0 Å². The topological polar surface area (TPSA) is 55.7 Å². The Bertz CT molecular complexity index is 942. The number of hydrogen-bond donors (Lipinski definition) is 0. The SMILES string of the molecule is C=C(C(C)=O)[C@@H](c1ccc(C)cc1)[C@]1(C(C)C)N=C(c2ccccc2)OC1=O. The molecule has 2 atom stereocenters. The molecule has 0 bridgehead atoms. The van der Waals surface area contributed by atoms with E-state index >= 15 is 0 Å². The van der Waals surface area contributed by atoms with Gasteiger partial charge in [0.15, 0.2) is 11.3 Å². The third-order valence-electron chi connectivity index (χ3n) is 5.36. The second kappa shape index (κ2) is 7.55. The number of rotatable bonds is 6. The van der Waals surface area contributed by atoms with Crippen molar-refractivity contribution < 1.29 is 14.3 Å². The van der Waals surface area contributed by atoms with E-state index in [1.54, 1.807) is 0 Å². The van der Waals surface area contributed by atoms with Crippen LogP contribution in [0.5, 0.6) is 0 Å². The minimum absolute atomic E-state index is 0.165. The standard InChI is InChI=1S/C24H25NO3/c1-15(2)24(23(27)28-22(25-24)20-9-7-6-8-10-20)21(17(4)18(5)26)19-13-11-16(3)12-14-19/h6-15,21H,4H2,1-3,5H3/t21-,24-/m0/s1. The zero-order chi connectivity index (χ0) is 20.5. The number of ketones is 1. The number of hydrogen-bond acceptors (Lipinski definition) is 4. The fourth-order valence-electron chi connectivity index (χ4n) is 3.67. The molecule has 0 radical (unpaired) electrons. The first-order valence-electron chi connectivity index (χ1n) is 9.41. The minimum atomic E-state index is -1.25. The zero-order valence-corrected chi connectivity index (χ0v) is 16.7. The molecule has 0 fully saturated rings. The van der Waals surface area contributed by atoms with Gasteiger partial charge in [0.25, 0.3) is 0 Å². The van der Waals surface area contributed by atoms with Gasteiger partial charge in [0.1, 0.15) is 0 Å². The fraction of sp³-hybridized carbons (Fsp3) is 0.292. The van der Waals surface area contributed by atoms with Gasteiger partial charge in [0.05, 0.1) is 0 Å². The molecule has 0 saturated heterocycles. The monoisotopic (exact) mass is 375 g/mol. The lowest BCUT2D eigenvalue weighted by molar-refractivity contribution is -0.141. The summed E-state index contributed by atoms with van der Waals surface area (Å²) in [6, 6.07) is 17.1. The Kier molecular flexibility index (Phi) is 5.32. The summed E-state index contributed by atoms with van der Waals surface area (Å²) in [4.78, 5) is 30.4. The van der Waals surface area contributed by atoms with Crippen molar-refractivity contribution in [1.82, 2.24) is 0 Å². The molecule has 4 nitrogen and oxygen atoms in total. The molecule has 1 heterocycles. The summed E-state index contributed by atoms with van der Waals surface area (Å²) in [6.45, 7) is 11.3. The van der Waals surface area contributed by atoms with E-state index in [1.165, 1.54) is 6.92 Å². The molecule has 2 aromatic rings. The number of carbonyl (C=O) groups is 2. The lowest BCUT2D eigenvalue weighted by atomic mass is 9.69. The van der Waals surface area contributed by atoms with Gasteiger partial charge in [-0.15, -0.1) is 0 Å². The van der Waals surface area contributed by atoms with Gasteiger partial charge in [0.2, 0.25) is 5.90 Å². The Morgan fingerprint density at radius 2 is 1.68 bits per heavy atom. The van der Waals surface area contributed by atoms with Crippen molar-refractivity contribution in [1.29, 1.82) is 0 Å². The number of aliphatic imine (C=N–C) groups is 1. The van der Waals surface area contributed by atoms with Crippen molar-refractivity contribution in [3.05, 3.63) is 83.4 Å². The molecule has 1 aliphatic rings. The molecule has 144 valence electrons. The predicted molar refractivity (Wildman–Crippen MR) is 110 cm³/mol. The quantitative estimate of drug-likeness (QED) is 0.547. The van der Waals surface area contributed by atoms with E-state index < -0.39 is 17.4 Å². The molecule has 3 rings (SSSR count). The van der Waals surface area contributed by atoms with E-state index in [0.717, 1.165) is 16.7 Å². The van der Waals surface area contributed by atoms with Crippen LogP contribution >= 0.6 is 0 Å². The molecule has 0 spiro atoms. The van der Waals surface area contributed by atoms with Crippen LogP contribution in [0.3, 0.4) is 0 Å². The molecular weight excluding hydrogens is 350 g/mol. The number of aryl methyl sites for hydroxylation is 1. The smallest absolute Gasteiger partial charge is 0.342 e. The van der Waals surface area contributed by atoms with E-state index in [9.17, 15) is 9.59 Å². The molecule has 0 amide bonds. The Labute approximate surface area is 166 Å². The maximum Gasteiger partial charge on any atom is 0.342 e. The third kappa shape index (κ3) is 3.31. The molecule has 0 unspecified atom stereocenters. The highest BCUT2D eigenvalue weighted by atomic mass is 16.6. The van der Waals surface area contributed by atoms with E-state index in [0.29, 0.717) is 5.57 Å². The maximum absolute atomic E-state index is 13.2. The summed E-state index contributed by atoms with van der Waals surface area (Å²) in [5.74, 6) is -1.13. The highest BCUT2D eigenvalue weighted by molar-refractivity contribution is 6.09. The van der Waals surface area contributed by atoms with Crippen LogP contribution in [0, 0.1) is 12.8 Å². The molecule has 2 aromatic carbocycles. The molecule has 0 aromatic heterocycles. The molecule has 28 heavy (non-hydrogen) atoms. The second-order valence-corrected chi connectivity index (χ2v) is 7.58. The van der Waals surface area contributed by atoms with E-state index in [4.69, 9.17) is 9.73 Å². The van der Waals surface area contributed by atoms with E-state index in [1.807, 2.05) is 75.4 Å². The van der Waals surface area contributed by atoms with Crippen LogP contribution < -0.4 is 0 Å². The normalized spacial score (nSPS) is 19.9. The summed E-state index contributed by atoms with van der Waals surface area (Å²) in [7, 11) is 0. The Morgan fingerprint density at radius 3 is 2.21 bits per heavy atom. The summed E-state index contributed by atoms with van der Waals surface area (Å²) < 4.78 is 5.64. The molecule has 4 heteroatoms. The number of Topliss-reactive ketones (excluding diaryl/α,β-unsaturated/α-hetero) is 1. The average molecular weight is 375 g/mol. The van der Waals surface area contributed by atoms with Crippen LogP contribution in [-0.2, 0) is 14.3 Å². The lowest BCUT2D eigenvalue weighted by Crippen LogP contribution is -2.46. The number of nitrogens with zero attached hydrogens (tertiary/aromatic N) is 1. The average Bonchev–Trinajstić information content (AvgIpc) is 3.02.